The summed E-state index contributed by atoms with van der Waals surface area (Å²) in [6.45, 7) is 2.20. The van der Waals surface area contributed by atoms with Gasteiger partial charge in [0.1, 0.15) is 6.61 Å². The van der Waals surface area contributed by atoms with Crippen molar-refractivity contribution in [1.82, 2.24) is 9.55 Å². The largest absolute Gasteiger partial charge is 0.455 e. The zero-order chi connectivity index (χ0) is 18.8. The normalized spacial score (nSPS) is 10.9. The number of para-hydroxylation sites is 1. The number of hydrogen-bond acceptors (Lipinski definition) is 5. The lowest BCUT2D eigenvalue weighted by molar-refractivity contribution is 0.0470. The Kier molecular flexibility index (Phi) is 4.64. The Morgan fingerprint density at radius 2 is 1.96 bits per heavy atom. The molecule has 1 N–H and O–H groups in total. The van der Waals surface area contributed by atoms with Crippen molar-refractivity contribution in [3.8, 4) is 0 Å². The van der Waals surface area contributed by atoms with E-state index in [1.165, 1.54) is 16.9 Å². The molecule has 4 rings (SSSR count). The zero-order valence-corrected chi connectivity index (χ0v) is 15.9. The Labute approximate surface area is 161 Å². The van der Waals surface area contributed by atoms with Crippen molar-refractivity contribution in [3.63, 3.8) is 0 Å². The molecule has 0 aliphatic heterocycles. The standard InChI is InChI=1S/C21H19N3O2S/c1-14-7-9-15(10-8-14)22-21-23-16(13-27-21)12-26-20(25)18-11-24(2)19-6-4-3-5-17(18)19/h3-11,13H,12H2,1-2H3,(H,22,23). The maximum atomic E-state index is 12.5. The quantitative estimate of drug-likeness (QED) is 0.495. The molecule has 0 amide bonds. The van der Waals surface area contributed by atoms with Crippen LogP contribution in [0.3, 0.4) is 0 Å². The van der Waals surface area contributed by atoms with Crippen LogP contribution < -0.4 is 5.32 Å². The van der Waals surface area contributed by atoms with E-state index >= 15 is 0 Å². The number of aryl methyl sites for hydroxylation is 2. The summed E-state index contributed by atoms with van der Waals surface area (Å²) in [5, 5.41) is 6.82. The lowest BCUT2D eigenvalue weighted by atomic mass is 10.2. The van der Waals surface area contributed by atoms with Gasteiger partial charge in [-0.2, -0.15) is 0 Å². The third-order valence-corrected chi connectivity index (χ3v) is 5.13. The number of carbonyl (C=O) groups is 1. The summed E-state index contributed by atoms with van der Waals surface area (Å²) in [6, 6.07) is 15.9. The molecule has 0 aliphatic rings. The highest BCUT2D eigenvalue weighted by Gasteiger charge is 2.15. The van der Waals surface area contributed by atoms with Gasteiger partial charge in [0.05, 0.1) is 11.3 Å². The first-order chi connectivity index (χ1) is 13.1. The Morgan fingerprint density at radius 1 is 1.19 bits per heavy atom. The molecule has 5 nitrogen and oxygen atoms in total. The predicted octanol–water partition coefficient (Wildman–Crippen LogP) is 5.04. The van der Waals surface area contributed by atoms with Gasteiger partial charge in [-0.1, -0.05) is 35.9 Å². The first-order valence-electron chi connectivity index (χ1n) is 8.59. The molecule has 2 heterocycles. The number of hydrogen-bond donors (Lipinski definition) is 1. The maximum Gasteiger partial charge on any atom is 0.340 e. The van der Waals surface area contributed by atoms with E-state index in [4.69, 9.17) is 4.74 Å². The van der Waals surface area contributed by atoms with E-state index < -0.39 is 0 Å². The molecule has 4 aromatic rings. The minimum Gasteiger partial charge on any atom is -0.455 e. The van der Waals surface area contributed by atoms with E-state index in [9.17, 15) is 4.79 Å². The van der Waals surface area contributed by atoms with Gasteiger partial charge in [-0.15, -0.1) is 11.3 Å². The Morgan fingerprint density at radius 3 is 2.78 bits per heavy atom. The van der Waals surface area contributed by atoms with E-state index in [1.807, 2.05) is 65.5 Å². The third kappa shape index (κ3) is 3.71. The monoisotopic (exact) mass is 377 g/mol. The summed E-state index contributed by atoms with van der Waals surface area (Å²) in [5.41, 5.74) is 4.49. The van der Waals surface area contributed by atoms with Crippen molar-refractivity contribution in [2.75, 3.05) is 5.32 Å². The molecule has 0 atom stereocenters. The lowest BCUT2D eigenvalue weighted by Crippen LogP contribution is -2.05. The van der Waals surface area contributed by atoms with Gasteiger partial charge in [0.25, 0.3) is 0 Å². The van der Waals surface area contributed by atoms with E-state index in [0.29, 0.717) is 5.56 Å². The SMILES string of the molecule is Cc1ccc(Nc2nc(COC(=O)c3cn(C)c4ccccc34)cs2)cc1. The summed E-state index contributed by atoms with van der Waals surface area (Å²) in [6.07, 6.45) is 1.80. The van der Waals surface area contributed by atoms with E-state index in [1.54, 1.807) is 6.20 Å². The molecule has 0 saturated heterocycles. The van der Waals surface area contributed by atoms with Crippen molar-refractivity contribution in [2.24, 2.45) is 7.05 Å². The first-order valence-corrected chi connectivity index (χ1v) is 9.47. The Hall–Kier alpha value is -3.12. The van der Waals surface area contributed by atoms with Gasteiger partial charge in [0.15, 0.2) is 5.13 Å². The van der Waals surface area contributed by atoms with Crippen LogP contribution in [0, 0.1) is 6.92 Å². The fraction of sp³-hybridized carbons (Fsp3) is 0.143. The summed E-state index contributed by atoms with van der Waals surface area (Å²) in [5.74, 6) is -0.340. The van der Waals surface area contributed by atoms with Crippen LogP contribution in [0.25, 0.3) is 10.9 Å². The van der Waals surface area contributed by atoms with Crippen LogP contribution in [0.15, 0.2) is 60.1 Å². The molecule has 6 heteroatoms. The molecule has 0 spiro atoms. The molecule has 2 aromatic carbocycles. The van der Waals surface area contributed by atoms with Gasteiger partial charge < -0.3 is 14.6 Å². The van der Waals surface area contributed by atoms with Crippen molar-refractivity contribution < 1.29 is 9.53 Å². The van der Waals surface area contributed by atoms with Gasteiger partial charge in [-0.25, -0.2) is 9.78 Å². The molecule has 0 aliphatic carbocycles. The number of aromatic nitrogens is 2. The van der Waals surface area contributed by atoms with Crippen molar-refractivity contribution in [3.05, 3.63) is 76.9 Å². The number of esters is 1. The molecule has 0 saturated carbocycles. The van der Waals surface area contributed by atoms with E-state index in [0.717, 1.165) is 27.4 Å². The minimum absolute atomic E-state index is 0.147. The van der Waals surface area contributed by atoms with Crippen LogP contribution in [0.1, 0.15) is 21.6 Å². The molecule has 0 fully saturated rings. The number of carbonyl (C=O) groups excluding carboxylic acids is 1. The highest BCUT2D eigenvalue weighted by Crippen LogP contribution is 2.23. The lowest BCUT2D eigenvalue weighted by Gasteiger charge is -2.03. The number of thiazole rings is 1. The van der Waals surface area contributed by atoms with Crippen molar-refractivity contribution >= 4 is 39.0 Å². The van der Waals surface area contributed by atoms with Crippen molar-refractivity contribution in [1.29, 1.82) is 0 Å². The number of rotatable bonds is 5. The van der Waals surface area contributed by atoms with Gasteiger partial charge >= 0.3 is 5.97 Å². The predicted molar refractivity (Wildman–Crippen MR) is 109 cm³/mol. The summed E-state index contributed by atoms with van der Waals surface area (Å²) < 4.78 is 7.41. The Bertz CT molecular complexity index is 1100. The van der Waals surface area contributed by atoms with Gasteiger partial charge in [-0.3, -0.25) is 0 Å². The number of ether oxygens (including phenoxy) is 1. The highest BCUT2D eigenvalue weighted by atomic mass is 32.1. The van der Waals surface area contributed by atoms with Crippen LogP contribution in [0.5, 0.6) is 0 Å². The van der Waals surface area contributed by atoms with Crippen LogP contribution in [-0.4, -0.2) is 15.5 Å². The maximum absolute atomic E-state index is 12.5. The summed E-state index contributed by atoms with van der Waals surface area (Å²) in [7, 11) is 1.92. The smallest absolute Gasteiger partial charge is 0.340 e. The van der Waals surface area contributed by atoms with Gasteiger partial charge in [-0.05, 0) is 25.1 Å². The highest BCUT2D eigenvalue weighted by molar-refractivity contribution is 7.13. The number of benzene rings is 2. The third-order valence-electron chi connectivity index (χ3n) is 4.32. The molecular formula is C21H19N3O2S. The summed E-state index contributed by atoms with van der Waals surface area (Å²) >= 11 is 1.49. The first kappa shape index (κ1) is 17.3. The zero-order valence-electron chi connectivity index (χ0n) is 15.1. The molecule has 27 heavy (non-hydrogen) atoms. The molecule has 0 radical (unpaired) electrons. The van der Waals surface area contributed by atoms with Crippen LogP contribution in [0.2, 0.25) is 0 Å². The second kappa shape index (κ2) is 7.25. The topological polar surface area (TPSA) is 56.2 Å². The van der Waals surface area contributed by atoms with Gasteiger partial charge in [0.2, 0.25) is 0 Å². The number of nitrogens with one attached hydrogen (secondary N) is 1. The fourth-order valence-electron chi connectivity index (χ4n) is 2.91. The van der Waals surface area contributed by atoms with Crippen LogP contribution in [0.4, 0.5) is 10.8 Å². The van der Waals surface area contributed by atoms with E-state index in [2.05, 4.69) is 17.2 Å². The van der Waals surface area contributed by atoms with Gasteiger partial charge in [0, 0.05) is 35.2 Å². The number of fused-ring (bicyclic) bond motifs is 1. The second-order valence-corrected chi connectivity index (χ2v) is 7.24. The number of anilines is 2. The fourth-order valence-corrected chi connectivity index (χ4v) is 3.63. The Balaban J connectivity index is 1.42. The average Bonchev–Trinajstić information content (AvgIpc) is 3.26. The van der Waals surface area contributed by atoms with Crippen LogP contribution >= 0.6 is 11.3 Å². The molecule has 136 valence electrons. The minimum atomic E-state index is -0.340. The molecule has 2 aromatic heterocycles. The van der Waals surface area contributed by atoms with Crippen LogP contribution in [-0.2, 0) is 18.4 Å². The molecule has 0 bridgehead atoms. The summed E-state index contributed by atoms with van der Waals surface area (Å²) in [4.78, 5) is 17.0. The average molecular weight is 377 g/mol. The molecular weight excluding hydrogens is 358 g/mol. The second-order valence-electron chi connectivity index (χ2n) is 6.38. The van der Waals surface area contributed by atoms with Crippen molar-refractivity contribution in [2.45, 2.75) is 13.5 Å². The van der Waals surface area contributed by atoms with E-state index in [-0.39, 0.29) is 12.6 Å². The molecule has 0 unspecified atom stereocenters. The number of nitrogens with zero attached hydrogens (tertiary/aromatic N) is 2.